The molecular weight excluding hydrogens is 329 g/mol. The molecule has 26 heavy (non-hydrogen) atoms. The highest BCUT2D eigenvalue weighted by molar-refractivity contribution is 5.31. The molecule has 2 aromatic rings. The fraction of sp³-hybridized carbons (Fsp3) is 0.455. The number of rotatable bonds is 6. The van der Waals surface area contributed by atoms with E-state index in [4.69, 9.17) is 9.47 Å². The van der Waals surface area contributed by atoms with E-state index in [2.05, 4.69) is 18.7 Å². The van der Waals surface area contributed by atoms with Crippen molar-refractivity contribution in [3.8, 4) is 11.5 Å². The van der Waals surface area contributed by atoms with Gasteiger partial charge in [-0.2, -0.15) is 0 Å². The fourth-order valence-electron chi connectivity index (χ4n) is 3.72. The minimum Gasteiger partial charge on any atom is -0.497 e. The lowest BCUT2D eigenvalue weighted by Crippen LogP contribution is -2.45. The van der Waals surface area contributed by atoms with Crippen molar-refractivity contribution in [2.75, 3.05) is 26.8 Å². The maximum atomic E-state index is 13.3. The van der Waals surface area contributed by atoms with Gasteiger partial charge in [-0.3, -0.25) is 0 Å². The van der Waals surface area contributed by atoms with Gasteiger partial charge in [0.25, 0.3) is 0 Å². The fourth-order valence-corrected chi connectivity index (χ4v) is 3.72. The number of likely N-dealkylation sites (tertiary alicyclic amines) is 1. The zero-order valence-electron chi connectivity index (χ0n) is 15.8. The Balaban J connectivity index is 1.71. The van der Waals surface area contributed by atoms with Gasteiger partial charge in [-0.1, -0.05) is 12.1 Å². The van der Waals surface area contributed by atoms with Crippen molar-refractivity contribution < 1.29 is 13.9 Å². The van der Waals surface area contributed by atoms with E-state index in [1.807, 2.05) is 36.4 Å². The Bertz CT molecular complexity index is 684. The molecule has 1 fully saturated rings. The predicted molar refractivity (Wildman–Crippen MR) is 102 cm³/mol. The molecule has 4 heteroatoms. The van der Waals surface area contributed by atoms with Gasteiger partial charge in [-0.05, 0) is 74.7 Å². The van der Waals surface area contributed by atoms with Gasteiger partial charge < -0.3 is 14.4 Å². The third-order valence-electron chi connectivity index (χ3n) is 5.32. The molecule has 0 spiro atoms. The number of piperidine rings is 1. The van der Waals surface area contributed by atoms with Gasteiger partial charge in [0.2, 0.25) is 0 Å². The molecule has 0 saturated carbocycles. The number of benzene rings is 2. The number of hydrogen-bond acceptors (Lipinski definition) is 3. The van der Waals surface area contributed by atoms with Crippen molar-refractivity contribution in [3.05, 3.63) is 59.9 Å². The van der Waals surface area contributed by atoms with Crippen molar-refractivity contribution >= 4 is 0 Å². The summed E-state index contributed by atoms with van der Waals surface area (Å²) in [6, 6.07) is 15.2. The molecule has 0 bridgehead atoms. The van der Waals surface area contributed by atoms with Crippen LogP contribution in [-0.4, -0.2) is 37.7 Å². The van der Waals surface area contributed by atoms with Gasteiger partial charge in [0.05, 0.1) is 13.7 Å². The van der Waals surface area contributed by atoms with Crippen LogP contribution in [0.3, 0.4) is 0 Å². The van der Waals surface area contributed by atoms with Crippen LogP contribution in [-0.2, 0) is 0 Å². The van der Waals surface area contributed by atoms with Crippen molar-refractivity contribution in [1.82, 2.24) is 4.90 Å². The zero-order chi connectivity index (χ0) is 18.5. The van der Waals surface area contributed by atoms with E-state index in [1.165, 1.54) is 5.56 Å². The normalized spacial score (nSPS) is 21.0. The molecular formula is C22H28FNO2. The Labute approximate surface area is 155 Å². The molecule has 2 atom stereocenters. The Morgan fingerprint density at radius 2 is 1.69 bits per heavy atom. The standard InChI is InChI=1S/C22H28FNO2/c1-16(2)24-13-12-22(17-4-6-19(23)7-5-17)18(14-24)15-26-21-10-8-20(25-3)9-11-21/h4-11,16,18,22H,12-15H2,1-3H3/t18-,22-/m1/s1. The van der Waals surface area contributed by atoms with Gasteiger partial charge >= 0.3 is 0 Å². The second kappa shape index (κ2) is 8.54. The van der Waals surface area contributed by atoms with Crippen LogP contribution in [0.5, 0.6) is 11.5 Å². The molecule has 1 aliphatic heterocycles. The molecule has 0 unspecified atom stereocenters. The quantitative estimate of drug-likeness (QED) is 0.746. The van der Waals surface area contributed by atoms with E-state index in [0.717, 1.165) is 31.0 Å². The number of ether oxygens (including phenoxy) is 2. The summed E-state index contributed by atoms with van der Waals surface area (Å²) < 4.78 is 24.6. The molecule has 1 aliphatic rings. The first-order valence-corrected chi connectivity index (χ1v) is 9.33. The van der Waals surface area contributed by atoms with Crippen LogP contribution in [0.15, 0.2) is 48.5 Å². The molecule has 3 nitrogen and oxygen atoms in total. The number of hydrogen-bond donors (Lipinski definition) is 0. The lowest BCUT2D eigenvalue weighted by atomic mass is 9.80. The average Bonchev–Trinajstić information content (AvgIpc) is 2.67. The topological polar surface area (TPSA) is 21.7 Å². The van der Waals surface area contributed by atoms with E-state index in [1.54, 1.807) is 19.2 Å². The van der Waals surface area contributed by atoms with E-state index in [0.29, 0.717) is 24.5 Å². The van der Waals surface area contributed by atoms with Crippen molar-refractivity contribution in [3.63, 3.8) is 0 Å². The first-order valence-electron chi connectivity index (χ1n) is 9.33. The van der Waals surface area contributed by atoms with Crippen molar-refractivity contribution in [2.45, 2.75) is 32.2 Å². The maximum absolute atomic E-state index is 13.3. The molecule has 2 aromatic carbocycles. The monoisotopic (exact) mass is 357 g/mol. The lowest BCUT2D eigenvalue weighted by molar-refractivity contribution is 0.0898. The van der Waals surface area contributed by atoms with Crippen LogP contribution in [0.4, 0.5) is 4.39 Å². The van der Waals surface area contributed by atoms with E-state index < -0.39 is 0 Å². The predicted octanol–water partition coefficient (Wildman–Crippen LogP) is 4.73. The second-order valence-corrected chi connectivity index (χ2v) is 7.28. The Morgan fingerprint density at radius 3 is 2.31 bits per heavy atom. The largest absolute Gasteiger partial charge is 0.497 e. The Kier molecular flexibility index (Phi) is 6.15. The average molecular weight is 357 g/mol. The summed E-state index contributed by atoms with van der Waals surface area (Å²) in [5, 5.41) is 0. The number of halogens is 1. The third-order valence-corrected chi connectivity index (χ3v) is 5.32. The summed E-state index contributed by atoms with van der Waals surface area (Å²) >= 11 is 0. The summed E-state index contributed by atoms with van der Waals surface area (Å²) in [5.41, 5.74) is 1.21. The summed E-state index contributed by atoms with van der Waals surface area (Å²) in [4.78, 5) is 2.50. The highest BCUT2D eigenvalue weighted by Crippen LogP contribution is 2.34. The molecule has 0 aromatic heterocycles. The van der Waals surface area contributed by atoms with Crippen molar-refractivity contribution in [2.24, 2.45) is 5.92 Å². The smallest absolute Gasteiger partial charge is 0.123 e. The highest BCUT2D eigenvalue weighted by Gasteiger charge is 2.31. The van der Waals surface area contributed by atoms with Crippen molar-refractivity contribution in [1.29, 1.82) is 0 Å². The minimum absolute atomic E-state index is 0.181. The summed E-state index contributed by atoms with van der Waals surface area (Å²) in [7, 11) is 1.66. The van der Waals surface area contributed by atoms with Gasteiger partial charge in [-0.25, -0.2) is 4.39 Å². The van der Waals surface area contributed by atoms with Crippen LogP contribution < -0.4 is 9.47 Å². The molecule has 3 rings (SSSR count). The van der Waals surface area contributed by atoms with Crippen LogP contribution in [0.1, 0.15) is 31.7 Å². The van der Waals surface area contributed by atoms with Gasteiger partial charge in [-0.15, -0.1) is 0 Å². The SMILES string of the molecule is COc1ccc(OC[C@H]2CN(C(C)C)CC[C@@H]2c2ccc(F)cc2)cc1. The summed E-state index contributed by atoms with van der Waals surface area (Å²) in [5.74, 6) is 2.26. The second-order valence-electron chi connectivity index (χ2n) is 7.28. The molecule has 1 saturated heterocycles. The Morgan fingerprint density at radius 1 is 1.04 bits per heavy atom. The Hall–Kier alpha value is -2.07. The minimum atomic E-state index is -0.181. The number of methoxy groups -OCH3 is 1. The molecule has 1 heterocycles. The summed E-state index contributed by atoms with van der Waals surface area (Å²) in [6.45, 7) is 7.19. The molecule has 140 valence electrons. The molecule has 0 aliphatic carbocycles. The van der Waals surface area contributed by atoms with Crippen LogP contribution in [0, 0.1) is 11.7 Å². The molecule has 0 N–H and O–H groups in total. The molecule has 0 amide bonds. The summed E-state index contributed by atoms with van der Waals surface area (Å²) in [6.07, 6.45) is 1.07. The van der Waals surface area contributed by atoms with Crippen LogP contribution in [0.2, 0.25) is 0 Å². The number of nitrogens with zero attached hydrogens (tertiary/aromatic N) is 1. The maximum Gasteiger partial charge on any atom is 0.123 e. The first kappa shape index (κ1) is 18.7. The highest BCUT2D eigenvalue weighted by atomic mass is 19.1. The van der Waals surface area contributed by atoms with E-state index in [9.17, 15) is 4.39 Å². The van der Waals surface area contributed by atoms with Gasteiger partial charge in [0, 0.05) is 18.5 Å². The first-order chi connectivity index (χ1) is 12.6. The van der Waals surface area contributed by atoms with Gasteiger partial charge in [0.1, 0.15) is 17.3 Å². The van der Waals surface area contributed by atoms with Crippen LogP contribution >= 0.6 is 0 Å². The van der Waals surface area contributed by atoms with Crippen LogP contribution in [0.25, 0.3) is 0 Å². The van der Waals surface area contributed by atoms with E-state index >= 15 is 0 Å². The zero-order valence-corrected chi connectivity index (χ0v) is 15.8. The molecule has 0 radical (unpaired) electrons. The third kappa shape index (κ3) is 4.55. The van der Waals surface area contributed by atoms with E-state index in [-0.39, 0.29) is 5.82 Å². The lowest BCUT2D eigenvalue weighted by Gasteiger charge is -2.40. The van der Waals surface area contributed by atoms with Gasteiger partial charge in [0.15, 0.2) is 0 Å².